The van der Waals surface area contributed by atoms with E-state index in [0.29, 0.717) is 0 Å². The van der Waals surface area contributed by atoms with Gasteiger partial charge in [-0.3, -0.25) is 4.57 Å². The molecule has 13 aromatic rings. The third-order valence-electron chi connectivity index (χ3n) is 12.2. The fourth-order valence-corrected chi connectivity index (χ4v) is 9.70. The molecule has 268 valence electrons. The maximum atomic E-state index is 5.51. The van der Waals surface area contributed by atoms with Crippen molar-refractivity contribution in [2.75, 3.05) is 0 Å². The van der Waals surface area contributed by atoms with Gasteiger partial charge in [-0.05, 0) is 80.8 Å². The minimum atomic E-state index is 0.815. The number of rotatable bonds is 3. The van der Waals surface area contributed by atoms with E-state index in [1.165, 1.54) is 64.9 Å². The Bertz CT molecular complexity index is 3870. The third kappa shape index (κ3) is 4.34. The van der Waals surface area contributed by atoms with Gasteiger partial charge in [0.1, 0.15) is 5.69 Å². The number of aromatic nitrogens is 4. The summed E-state index contributed by atoms with van der Waals surface area (Å²) in [6, 6.07) is 70.2. The highest BCUT2D eigenvalue weighted by molar-refractivity contribution is 6.21. The van der Waals surface area contributed by atoms with Gasteiger partial charge in [0.25, 0.3) is 0 Å². The summed E-state index contributed by atoms with van der Waals surface area (Å²) in [4.78, 5) is 11.0. The van der Waals surface area contributed by atoms with Gasteiger partial charge < -0.3 is 4.57 Å². The molecule has 0 bridgehead atoms. The molecular weight excluding hydrogens is 705 g/mol. The van der Waals surface area contributed by atoms with Crippen LogP contribution in [0.1, 0.15) is 0 Å². The SMILES string of the molecule is c1cc(-n2c3ccccc3c3ccc4ccccc4c32)c2cc3c4ccccc4n(-c4nc5ccccc5nc4-c4cc5ccccc5c5ccccc45)c3cc2c1. The zero-order valence-electron chi connectivity index (χ0n) is 31.3. The van der Waals surface area contributed by atoms with Gasteiger partial charge in [-0.25, -0.2) is 9.97 Å². The van der Waals surface area contributed by atoms with E-state index in [9.17, 15) is 0 Å². The molecule has 0 atom stereocenters. The fourth-order valence-electron chi connectivity index (χ4n) is 9.70. The predicted molar refractivity (Wildman–Crippen MR) is 244 cm³/mol. The predicted octanol–water partition coefficient (Wildman–Crippen LogP) is 14.1. The van der Waals surface area contributed by atoms with Crippen molar-refractivity contribution in [2.24, 2.45) is 0 Å². The lowest BCUT2D eigenvalue weighted by Crippen LogP contribution is -2.04. The van der Waals surface area contributed by atoms with Crippen molar-refractivity contribution in [3.05, 3.63) is 194 Å². The van der Waals surface area contributed by atoms with Gasteiger partial charge in [-0.15, -0.1) is 0 Å². The van der Waals surface area contributed by atoms with E-state index in [-0.39, 0.29) is 0 Å². The highest BCUT2D eigenvalue weighted by atomic mass is 15.1. The number of hydrogen-bond acceptors (Lipinski definition) is 2. The van der Waals surface area contributed by atoms with Gasteiger partial charge in [-0.2, -0.15) is 0 Å². The first kappa shape index (κ1) is 31.4. The lowest BCUT2D eigenvalue weighted by molar-refractivity contribution is 1.08. The average Bonchev–Trinajstić information content (AvgIpc) is 3.80. The molecule has 0 fully saturated rings. The summed E-state index contributed by atoms with van der Waals surface area (Å²) in [5.41, 5.74) is 9.42. The molecule has 0 amide bonds. The molecule has 58 heavy (non-hydrogen) atoms. The molecule has 4 nitrogen and oxygen atoms in total. The molecule has 4 heteroatoms. The van der Waals surface area contributed by atoms with Crippen LogP contribution in [0.5, 0.6) is 0 Å². The minimum absolute atomic E-state index is 0.815. The molecule has 3 aromatic heterocycles. The highest BCUT2D eigenvalue weighted by Crippen LogP contribution is 2.43. The van der Waals surface area contributed by atoms with Gasteiger partial charge in [0.05, 0.1) is 38.8 Å². The number of nitrogens with zero attached hydrogens (tertiary/aromatic N) is 4. The quantitative estimate of drug-likeness (QED) is 0.169. The normalized spacial score (nSPS) is 12.1. The first-order chi connectivity index (χ1) is 28.8. The summed E-state index contributed by atoms with van der Waals surface area (Å²) in [5, 5.41) is 14.4. The molecule has 13 rings (SSSR count). The van der Waals surface area contributed by atoms with Crippen LogP contribution in [0.25, 0.3) is 120 Å². The van der Waals surface area contributed by atoms with Gasteiger partial charge >= 0.3 is 0 Å². The molecule has 0 saturated carbocycles. The summed E-state index contributed by atoms with van der Waals surface area (Å²) < 4.78 is 4.83. The van der Waals surface area contributed by atoms with E-state index >= 15 is 0 Å². The fraction of sp³-hybridized carbons (Fsp3) is 0. The van der Waals surface area contributed by atoms with Crippen molar-refractivity contribution in [2.45, 2.75) is 0 Å². The maximum absolute atomic E-state index is 5.51. The van der Waals surface area contributed by atoms with Crippen molar-refractivity contribution in [1.82, 2.24) is 19.1 Å². The maximum Gasteiger partial charge on any atom is 0.165 e. The Morgan fingerprint density at radius 1 is 0.310 bits per heavy atom. The lowest BCUT2D eigenvalue weighted by atomic mass is 9.95. The lowest BCUT2D eigenvalue weighted by Gasteiger charge is -2.17. The van der Waals surface area contributed by atoms with E-state index in [1.54, 1.807) is 0 Å². The number of para-hydroxylation sites is 4. The van der Waals surface area contributed by atoms with Gasteiger partial charge in [0.15, 0.2) is 5.82 Å². The molecule has 0 unspecified atom stereocenters. The van der Waals surface area contributed by atoms with Crippen LogP contribution < -0.4 is 0 Å². The van der Waals surface area contributed by atoms with Crippen LogP contribution in [0.2, 0.25) is 0 Å². The summed E-state index contributed by atoms with van der Waals surface area (Å²) in [6.07, 6.45) is 0. The molecule has 0 aliphatic rings. The van der Waals surface area contributed by atoms with Crippen molar-refractivity contribution >= 4 is 97.7 Å². The third-order valence-corrected chi connectivity index (χ3v) is 12.2. The van der Waals surface area contributed by atoms with Crippen molar-refractivity contribution in [3.63, 3.8) is 0 Å². The number of fused-ring (bicyclic) bond motifs is 13. The van der Waals surface area contributed by atoms with Crippen LogP contribution in [0, 0.1) is 0 Å². The van der Waals surface area contributed by atoms with Crippen molar-refractivity contribution in [3.8, 4) is 22.8 Å². The standard InChI is InChI=1S/C54H32N4/c1-4-18-37-33(14-1)28-29-42-40-21-7-11-25-48(40)57(53(37)42)50-27-13-16-35-31-51-44(32-43(35)50)41-22-8-12-26-49(41)58(51)54-52(55-46-23-9-10-24-47(46)56-54)45-30-34-15-2-3-17-36(34)38-19-5-6-20-39(38)45/h1-32H. The Kier molecular flexibility index (Phi) is 6.41. The number of benzene rings is 10. The summed E-state index contributed by atoms with van der Waals surface area (Å²) in [5.74, 6) is 0.815. The molecule has 0 saturated heterocycles. The Hall–Kier alpha value is -7.82. The van der Waals surface area contributed by atoms with Gasteiger partial charge in [0, 0.05) is 37.9 Å². The zero-order valence-corrected chi connectivity index (χ0v) is 31.3. The Labute approximate surface area is 332 Å². The van der Waals surface area contributed by atoms with Crippen LogP contribution in [0.3, 0.4) is 0 Å². The molecule has 0 spiro atoms. The average molecular weight is 737 g/mol. The molecule has 10 aromatic carbocycles. The summed E-state index contributed by atoms with van der Waals surface area (Å²) in [6.45, 7) is 0. The van der Waals surface area contributed by atoms with Crippen LogP contribution in [0.15, 0.2) is 194 Å². The topological polar surface area (TPSA) is 35.6 Å². The molecular formula is C54H32N4. The molecule has 0 radical (unpaired) electrons. The Morgan fingerprint density at radius 2 is 0.897 bits per heavy atom. The van der Waals surface area contributed by atoms with E-state index in [1.807, 2.05) is 12.1 Å². The molecule has 0 N–H and O–H groups in total. The van der Waals surface area contributed by atoms with Crippen LogP contribution in [-0.2, 0) is 0 Å². The monoisotopic (exact) mass is 736 g/mol. The Balaban J connectivity index is 1.15. The highest BCUT2D eigenvalue weighted by Gasteiger charge is 2.23. The van der Waals surface area contributed by atoms with Crippen molar-refractivity contribution < 1.29 is 0 Å². The summed E-state index contributed by atoms with van der Waals surface area (Å²) in [7, 11) is 0. The number of hydrogen-bond donors (Lipinski definition) is 0. The van der Waals surface area contributed by atoms with E-state index in [2.05, 4.69) is 191 Å². The second-order valence-corrected chi connectivity index (χ2v) is 15.3. The molecule has 0 aliphatic carbocycles. The van der Waals surface area contributed by atoms with Crippen LogP contribution in [0.4, 0.5) is 0 Å². The smallest absolute Gasteiger partial charge is 0.165 e. The van der Waals surface area contributed by atoms with E-state index < -0.39 is 0 Å². The minimum Gasteiger partial charge on any atom is -0.308 e. The van der Waals surface area contributed by atoms with Crippen molar-refractivity contribution in [1.29, 1.82) is 0 Å². The second kappa shape index (κ2) is 11.8. The Morgan fingerprint density at radius 3 is 1.71 bits per heavy atom. The molecule has 0 aliphatic heterocycles. The second-order valence-electron chi connectivity index (χ2n) is 15.3. The van der Waals surface area contributed by atoms with Crippen LogP contribution >= 0.6 is 0 Å². The van der Waals surface area contributed by atoms with Gasteiger partial charge in [-0.1, -0.05) is 146 Å². The largest absolute Gasteiger partial charge is 0.308 e. The first-order valence-corrected chi connectivity index (χ1v) is 19.8. The first-order valence-electron chi connectivity index (χ1n) is 19.8. The zero-order chi connectivity index (χ0) is 37.9. The van der Waals surface area contributed by atoms with E-state index in [4.69, 9.17) is 9.97 Å². The van der Waals surface area contributed by atoms with Gasteiger partial charge in [0.2, 0.25) is 0 Å². The van der Waals surface area contributed by atoms with Crippen LogP contribution in [-0.4, -0.2) is 19.1 Å². The van der Waals surface area contributed by atoms with E-state index in [0.717, 1.165) is 55.6 Å². The summed E-state index contributed by atoms with van der Waals surface area (Å²) >= 11 is 0. The molecule has 3 heterocycles.